The van der Waals surface area contributed by atoms with Gasteiger partial charge < -0.3 is 16.4 Å². The molecule has 1 aromatic carbocycles. The molecular formula is C13H16FN3O2. The number of hydrogen-bond donors (Lipinski definition) is 3. The van der Waals surface area contributed by atoms with Gasteiger partial charge in [0, 0.05) is 16.8 Å². The number of benzene rings is 1. The minimum Gasteiger partial charge on any atom is -0.366 e. The molecule has 5 nitrogen and oxygen atoms in total. The molecule has 102 valence electrons. The summed E-state index contributed by atoms with van der Waals surface area (Å²) >= 11 is 0. The summed E-state index contributed by atoms with van der Waals surface area (Å²) in [5, 5.41) is 5.69. The molecule has 6 heteroatoms. The highest BCUT2D eigenvalue weighted by atomic mass is 19.1. The molecule has 2 amide bonds. The fourth-order valence-electron chi connectivity index (χ4n) is 2.08. The van der Waals surface area contributed by atoms with Crippen LogP contribution in [0.3, 0.4) is 0 Å². The number of nitrogens with one attached hydrogen (secondary N) is 2. The van der Waals surface area contributed by atoms with E-state index in [9.17, 15) is 14.0 Å². The van der Waals surface area contributed by atoms with Crippen LogP contribution in [0.25, 0.3) is 0 Å². The number of rotatable bonds is 3. The summed E-state index contributed by atoms with van der Waals surface area (Å²) in [6.07, 6.45) is 1.69. The fraction of sp³-hybridized carbons (Fsp3) is 0.385. The molecule has 1 atom stereocenters. The highest BCUT2D eigenvalue weighted by Gasteiger charge is 2.23. The highest BCUT2D eigenvalue weighted by molar-refractivity contribution is 5.98. The lowest BCUT2D eigenvalue weighted by molar-refractivity contribution is -0.117. The predicted octanol–water partition coefficient (Wildman–Crippen LogP) is 0.924. The Morgan fingerprint density at radius 3 is 2.79 bits per heavy atom. The van der Waals surface area contributed by atoms with Crippen LogP contribution in [0.15, 0.2) is 12.1 Å². The molecule has 0 spiro atoms. The van der Waals surface area contributed by atoms with E-state index in [1.807, 2.05) is 0 Å². The number of nitrogens with two attached hydrogens (primary N) is 1. The second-order valence-corrected chi connectivity index (χ2v) is 4.63. The fourth-order valence-corrected chi connectivity index (χ4v) is 2.08. The number of carbonyl (C=O) groups is 2. The van der Waals surface area contributed by atoms with Crippen LogP contribution in [0.5, 0.6) is 0 Å². The maximum atomic E-state index is 13.7. The quantitative estimate of drug-likeness (QED) is 0.760. The first-order valence-corrected chi connectivity index (χ1v) is 6.13. The smallest absolute Gasteiger partial charge is 0.248 e. The average molecular weight is 265 g/mol. The van der Waals surface area contributed by atoms with Crippen molar-refractivity contribution >= 4 is 17.5 Å². The second-order valence-electron chi connectivity index (χ2n) is 4.63. The van der Waals surface area contributed by atoms with Crippen molar-refractivity contribution in [3.63, 3.8) is 0 Å². The first kappa shape index (κ1) is 13.5. The number of hydrogen-bond acceptors (Lipinski definition) is 3. The topological polar surface area (TPSA) is 84.2 Å². The molecular weight excluding hydrogens is 249 g/mol. The molecule has 0 saturated carbocycles. The molecule has 4 N–H and O–H groups in total. The minimum atomic E-state index is -0.728. The Morgan fingerprint density at radius 1 is 1.47 bits per heavy atom. The average Bonchev–Trinajstić information content (AvgIpc) is 2.88. The van der Waals surface area contributed by atoms with Crippen LogP contribution < -0.4 is 16.4 Å². The van der Waals surface area contributed by atoms with Crippen molar-refractivity contribution in [3.05, 3.63) is 29.1 Å². The first-order chi connectivity index (χ1) is 8.99. The summed E-state index contributed by atoms with van der Waals surface area (Å²) in [6, 6.07) is 2.20. The van der Waals surface area contributed by atoms with Crippen LogP contribution >= 0.6 is 0 Å². The molecule has 1 aromatic rings. The van der Waals surface area contributed by atoms with Gasteiger partial charge in [-0.05, 0) is 38.4 Å². The molecule has 1 fully saturated rings. The van der Waals surface area contributed by atoms with Crippen LogP contribution in [0, 0.1) is 12.7 Å². The summed E-state index contributed by atoms with van der Waals surface area (Å²) in [7, 11) is 0. The molecule has 1 saturated heterocycles. The van der Waals surface area contributed by atoms with E-state index in [1.54, 1.807) is 0 Å². The molecule has 1 aliphatic heterocycles. The normalized spacial score (nSPS) is 18.3. The Labute approximate surface area is 110 Å². The first-order valence-electron chi connectivity index (χ1n) is 6.13. The lowest BCUT2D eigenvalue weighted by Crippen LogP contribution is -2.35. The molecule has 0 aliphatic carbocycles. The van der Waals surface area contributed by atoms with E-state index in [0.29, 0.717) is 0 Å². The van der Waals surface area contributed by atoms with Gasteiger partial charge in [0.15, 0.2) is 0 Å². The van der Waals surface area contributed by atoms with Gasteiger partial charge in [-0.3, -0.25) is 9.59 Å². The Balaban J connectivity index is 2.23. The Kier molecular flexibility index (Phi) is 3.80. The van der Waals surface area contributed by atoms with Crippen molar-refractivity contribution in [3.8, 4) is 0 Å². The third kappa shape index (κ3) is 2.90. The molecule has 1 aliphatic rings. The Morgan fingerprint density at radius 2 is 2.21 bits per heavy atom. The largest absolute Gasteiger partial charge is 0.366 e. The zero-order chi connectivity index (χ0) is 14.0. The third-order valence-corrected chi connectivity index (χ3v) is 3.26. The van der Waals surface area contributed by atoms with Crippen molar-refractivity contribution in [1.29, 1.82) is 0 Å². The Hall–Kier alpha value is -1.95. The van der Waals surface area contributed by atoms with Crippen molar-refractivity contribution in [2.75, 3.05) is 11.9 Å². The number of anilines is 1. The van der Waals surface area contributed by atoms with E-state index in [0.717, 1.165) is 25.5 Å². The van der Waals surface area contributed by atoms with E-state index < -0.39 is 11.7 Å². The van der Waals surface area contributed by atoms with Crippen molar-refractivity contribution < 1.29 is 14.0 Å². The molecule has 1 unspecified atom stereocenters. The van der Waals surface area contributed by atoms with E-state index in [1.165, 1.54) is 13.0 Å². The van der Waals surface area contributed by atoms with Gasteiger partial charge in [-0.2, -0.15) is 0 Å². The molecule has 1 heterocycles. The van der Waals surface area contributed by atoms with Gasteiger partial charge in [-0.15, -0.1) is 0 Å². The van der Waals surface area contributed by atoms with Crippen LogP contribution in [0.2, 0.25) is 0 Å². The van der Waals surface area contributed by atoms with Crippen molar-refractivity contribution in [2.45, 2.75) is 25.8 Å². The van der Waals surface area contributed by atoms with Gasteiger partial charge in [0.25, 0.3) is 0 Å². The van der Waals surface area contributed by atoms with Crippen molar-refractivity contribution in [1.82, 2.24) is 5.32 Å². The van der Waals surface area contributed by atoms with Gasteiger partial charge in [0.1, 0.15) is 5.82 Å². The van der Waals surface area contributed by atoms with Crippen LogP contribution in [0.1, 0.15) is 28.8 Å². The van der Waals surface area contributed by atoms with E-state index in [-0.39, 0.29) is 28.8 Å². The van der Waals surface area contributed by atoms with Gasteiger partial charge in [-0.25, -0.2) is 4.39 Å². The summed E-state index contributed by atoms with van der Waals surface area (Å²) in [6.45, 7) is 2.34. The van der Waals surface area contributed by atoms with Crippen LogP contribution in [0.4, 0.5) is 10.1 Å². The monoisotopic (exact) mass is 265 g/mol. The number of carbonyl (C=O) groups excluding carboxylic acids is 2. The maximum absolute atomic E-state index is 13.7. The summed E-state index contributed by atoms with van der Waals surface area (Å²) in [5.74, 6) is -1.51. The zero-order valence-electron chi connectivity index (χ0n) is 10.6. The number of primary amides is 1. The third-order valence-electron chi connectivity index (χ3n) is 3.26. The summed E-state index contributed by atoms with van der Waals surface area (Å²) in [5.41, 5.74) is 5.74. The van der Waals surface area contributed by atoms with Gasteiger partial charge >= 0.3 is 0 Å². The molecule has 2 rings (SSSR count). The van der Waals surface area contributed by atoms with Crippen molar-refractivity contribution in [2.24, 2.45) is 5.73 Å². The maximum Gasteiger partial charge on any atom is 0.248 e. The molecule has 0 aromatic heterocycles. The van der Waals surface area contributed by atoms with Gasteiger partial charge in [0.2, 0.25) is 11.8 Å². The minimum absolute atomic E-state index is 0.0396. The number of amides is 2. The van der Waals surface area contributed by atoms with Gasteiger partial charge in [-0.1, -0.05) is 0 Å². The lowest BCUT2D eigenvalue weighted by Gasteiger charge is -2.14. The molecule has 0 radical (unpaired) electrons. The molecule has 19 heavy (non-hydrogen) atoms. The highest BCUT2D eigenvalue weighted by Crippen LogP contribution is 2.21. The summed E-state index contributed by atoms with van der Waals surface area (Å²) < 4.78 is 13.7. The lowest BCUT2D eigenvalue weighted by atomic mass is 10.1. The second kappa shape index (κ2) is 5.36. The van der Waals surface area contributed by atoms with Crippen LogP contribution in [-0.4, -0.2) is 24.4 Å². The van der Waals surface area contributed by atoms with E-state index >= 15 is 0 Å². The standard InChI is InChI=1S/C13H16FN3O2/c1-7-9(14)5-8(12(15)18)6-11(7)17-13(19)10-3-2-4-16-10/h5-6,10,16H,2-4H2,1H3,(H2,15,18)(H,17,19). The van der Waals surface area contributed by atoms with Crippen LogP contribution in [-0.2, 0) is 4.79 Å². The van der Waals surface area contributed by atoms with E-state index in [4.69, 9.17) is 5.73 Å². The SMILES string of the molecule is Cc1c(F)cc(C(N)=O)cc1NC(=O)C1CCCN1. The summed E-state index contributed by atoms with van der Waals surface area (Å²) in [4.78, 5) is 23.0. The molecule has 0 bridgehead atoms. The van der Waals surface area contributed by atoms with Gasteiger partial charge in [0.05, 0.1) is 6.04 Å². The predicted molar refractivity (Wildman–Crippen MR) is 69.3 cm³/mol. The number of halogens is 1. The van der Waals surface area contributed by atoms with E-state index in [2.05, 4.69) is 10.6 Å². The Bertz CT molecular complexity index is 525. The zero-order valence-corrected chi connectivity index (χ0v) is 10.6.